The fourth-order valence-corrected chi connectivity index (χ4v) is 1.50. The zero-order chi connectivity index (χ0) is 9.10. The van der Waals surface area contributed by atoms with Crippen molar-refractivity contribution in [3.05, 3.63) is 0 Å². The third-order valence-corrected chi connectivity index (χ3v) is 2.21. The van der Waals surface area contributed by atoms with Crippen LogP contribution in [0.15, 0.2) is 0 Å². The van der Waals surface area contributed by atoms with Crippen LogP contribution < -0.4 is 5.32 Å². The fraction of sp³-hybridized carbons (Fsp3) is 0.857. The third kappa shape index (κ3) is 1.95. The number of hydrogen-bond donors (Lipinski definition) is 2. The first-order chi connectivity index (χ1) is 6.38. The molecule has 1 aliphatic heterocycles. The van der Waals surface area contributed by atoms with Crippen molar-refractivity contribution in [1.29, 1.82) is 0 Å². The number of aromatic nitrogens is 4. The summed E-state index contributed by atoms with van der Waals surface area (Å²) >= 11 is 0. The molecule has 0 amide bonds. The molecule has 0 radical (unpaired) electrons. The molecule has 2 heterocycles. The Morgan fingerprint density at radius 3 is 3.23 bits per heavy atom. The molecule has 0 bridgehead atoms. The number of ether oxygens (including phenoxy) is 1. The van der Waals surface area contributed by atoms with Crippen LogP contribution in [0.4, 0.5) is 5.95 Å². The number of rotatable bonds is 3. The lowest BCUT2D eigenvalue weighted by Crippen LogP contribution is -2.20. The van der Waals surface area contributed by atoms with E-state index in [1.165, 1.54) is 0 Å². The number of nitrogens with zero attached hydrogens (tertiary/aromatic N) is 3. The Balaban J connectivity index is 1.84. The van der Waals surface area contributed by atoms with E-state index in [0.29, 0.717) is 18.1 Å². The second kappa shape index (κ2) is 3.69. The zero-order valence-corrected chi connectivity index (χ0v) is 7.53. The molecule has 72 valence electrons. The van der Waals surface area contributed by atoms with Crippen molar-refractivity contribution in [2.45, 2.75) is 31.9 Å². The van der Waals surface area contributed by atoms with Crippen molar-refractivity contribution < 1.29 is 4.74 Å². The SMILES string of the molecule is CCC1CC(Nc2nn[nH]n2)CO1. The number of H-pyrrole nitrogens is 1. The van der Waals surface area contributed by atoms with Gasteiger partial charge in [-0.1, -0.05) is 12.0 Å². The van der Waals surface area contributed by atoms with Gasteiger partial charge >= 0.3 is 0 Å². The Morgan fingerprint density at radius 2 is 2.62 bits per heavy atom. The standard InChI is InChI=1S/C7H13N5O/c1-2-6-3-5(4-13-6)8-7-9-11-12-10-7/h5-6H,2-4H2,1H3,(H2,8,9,10,11,12). The highest BCUT2D eigenvalue weighted by molar-refractivity contribution is 5.21. The highest BCUT2D eigenvalue weighted by atomic mass is 16.5. The van der Waals surface area contributed by atoms with E-state index in [1.807, 2.05) is 0 Å². The Kier molecular flexibility index (Phi) is 2.40. The van der Waals surface area contributed by atoms with Crippen LogP contribution in [-0.4, -0.2) is 39.4 Å². The minimum absolute atomic E-state index is 0.322. The van der Waals surface area contributed by atoms with E-state index < -0.39 is 0 Å². The maximum absolute atomic E-state index is 5.51. The molecular weight excluding hydrogens is 170 g/mol. The maximum atomic E-state index is 5.51. The Morgan fingerprint density at radius 1 is 1.69 bits per heavy atom. The van der Waals surface area contributed by atoms with Gasteiger partial charge in [0.1, 0.15) is 0 Å². The molecule has 2 atom stereocenters. The minimum atomic E-state index is 0.322. The van der Waals surface area contributed by atoms with E-state index in [2.05, 4.69) is 32.9 Å². The molecule has 2 rings (SSSR count). The van der Waals surface area contributed by atoms with Crippen molar-refractivity contribution >= 4 is 5.95 Å². The fourth-order valence-electron chi connectivity index (χ4n) is 1.50. The number of hydrogen-bond acceptors (Lipinski definition) is 5. The van der Waals surface area contributed by atoms with Gasteiger partial charge < -0.3 is 10.1 Å². The summed E-state index contributed by atoms with van der Waals surface area (Å²) in [5.41, 5.74) is 0. The van der Waals surface area contributed by atoms with Crippen LogP contribution >= 0.6 is 0 Å². The number of nitrogens with one attached hydrogen (secondary N) is 2. The molecule has 1 fully saturated rings. The predicted octanol–water partition coefficient (Wildman–Crippen LogP) is 0.179. The van der Waals surface area contributed by atoms with Gasteiger partial charge in [-0.3, -0.25) is 0 Å². The lowest BCUT2D eigenvalue weighted by Gasteiger charge is -2.07. The molecule has 0 aromatic carbocycles. The van der Waals surface area contributed by atoms with Gasteiger partial charge in [0.2, 0.25) is 0 Å². The van der Waals surface area contributed by atoms with Crippen molar-refractivity contribution in [2.24, 2.45) is 0 Å². The Bertz CT molecular complexity index is 249. The first kappa shape index (κ1) is 8.43. The van der Waals surface area contributed by atoms with Gasteiger partial charge in [-0.15, -0.1) is 5.10 Å². The number of anilines is 1. The number of aromatic amines is 1. The summed E-state index contributed by atoms with van der Waals surface area (Å²) in [4.78, 5) is 0. The van der Waals surface area contributed by atoms with Gasteiger partial charge in [0.25, 0.3) is 5.95 Å². The highest BCUT2D eigenvalue weighted by Crippen LogP contribution is 2.17. The predicted molar refractivity (Wildman–Crippen MR) is 46.2 cm³/mol. The van der Waals surface area contributed by atoms with Gasteiger partial charge in [0, 0.05) is 0 Å². The molecule has 13 heavy (non-hydrogen) atoms. The molecule has 6 heteroatoms. The number of tetrazole rings is 1. The molecular formula is C7H13N5O. The van der Waals surface area contributed by atoms with Crippen LogP contribution in [0.1, 0.15) is 19.8 Å². The Hall–Kier alpha value is -1.17. The van der Waals surface area contributed by atoms with Crippen molar-refractivity contribution in [1.82, 2.24) is 20.6 Å². The second-order valence-electron chi connectivity index (χ2n) is 3.18. The second-order valence-corrected chi connectivity index (χ2v) is 3.18. The summed E-state index contributed by atoms with van der Waals surface area (Å²) in [6.45, 7) is 2.86. The molecule has 1 saturated heterocycles. The normalized spacial score (nSPS) is 27.8. The summed E-state index contributed by atoms with van der Waals surface area (Å²) in [6.07, 6.45) is 2.46. The Labute approximate surface area is 76.1 Å². The van der Waals surface area contributed by atoms with E-state index in [1.54, 1.807) is 0 Å². The van der Waals surface area contributed by atoms with Crippen molar-refractivity contribution in [3.8, 4) is 0 Å². The third-order valence-electron chi connectivity index (χ3n) is 2.21. The summed E-state index contributed by atoms with van der Waals surface area (Å²) in [5, 5.41) is 16.6. The van der Waals surface area contributed by atoms with Gasteiger partial charge in [-0.05, 0) is 18.1 Å². The minimum Gasteiger partial charge on any atom is -0.376 e. The summed E-state index contributed by atoms with van der Waals surface area (Å²) < 4.78 is 5.51. The summed E-state index contributed by atoms with van der Waals surface area (Å²) in [7, 11) is 0. The first-order valence-electron chi connectivity index (χ1n) is 4.50. The quantitative estimate of drug-likeness (QED) is 0.699. The van der Waals surface area contributed by atoms with Gasteiger partial charge in [0.05, 0.1) is 18.8 Å². The average molecular weight is 183 g/mol. The van der Waals surface area contributed by atoms with Gasteiger partial charge in [-0.2, -0.15) is 5.21 Å². The van der Waals surface area contributed by atoms with E-state index in [0.717, 1.165) is 19.4 Å². The molecule has 0 aliphatic carbocycles. The molecule has 2 N–H and O–H groups in total. The van der Waals surface area contributed by atoms with E-state index in [4.69, 9.17) is 4.74 Å². The molecule has 2 unspecified atom stereocenters. The van der Waals surface area contributed by atoms with Crippen LogP contribution in [0.2, 0.25) is 0 Å². The topological polar surface area (TPSA) is 75.7 Å². The average Bonchev–Trinajstić information content (AvgIpc) is 2.76. The molecule has 6 nitrogen and oxygen atoms in total. The van der Waals surface area contributed by atoms with E-state index in [-0.39, 0.29) is 0 Å². The van der Waals surface area contributed by atoms with Crippen LogP contribution in [0.5, 0.6) is 0 Å². The molecule has 1 aliphatic rings. The highest BCUT2D eigenvalue weighted by Gasteiger charge is 2.24. The molecule has 0 saturated carbocycles. The van der Waals surface area contributed by atoms with Gasteiger partial charge in [-0.25, -0.2) is 0 Å². The molecule has 0 spiro atoms. The lowest BCUT2D eigenvalue weighted by atomic mass is 10.1. The van der Waals surface area contributed by atoms with Crippen molar-refractivity contribution in [2.75, 3.05) is 11.9 Å². The summed E-state index contributed by atoms with van der Waals surface area (Å²) in [5.74, 6) is 0.547. The first-order valence-corrected chi connectivity index (χ1v) is 4.50. The smallest absolute Gasteiger partial charge is 0.263 e. The van der Waals surface area contributed by atoms with Crippen LogP contribution in [-0.2, 0) is 4.74 Å². The monoisotopic (exact) mass is 183 g/mol. The van der Waals surface area contributed by atoms with Crippen molar-refractivity contribution in [3.63, 3.8) is 0 Å². The zero-order valence-electron chi connectivity index (χ0n) is 7.53. The largest absolute Gasteiger partial charge is 0.376 e. The maximum Gasteiger partial charge on any atom is 0.263 e. The summed E-state index contributed by atoms with van der Waals surface area (Å²) in [6, 6.07) is 0.322. The van der Waals surface area contributed by atoms with E-state index >= 15 is 0 Å². The molecule has 1 aromatic heterocycles. The molecule has 1 aromatic rings. The van der Waals surface area contributed by atoms with Crippen LogP contribution in [0.3, 0.4) is 0 Å². The van der Waals surface area contributed by atoms with E-state index in [9.17, 15) is 0 Å². The lowest BCUT2D eigenvalue weighted by molar-refractivity contribution is 0.107. The van der Waals surface area contributed by atoms with Crippen LogP contribution in [0.25, 0.3) is 0 Å². The van der Waals surface area contributed by atoms with Crippen LogP contribution in [0, 0.1) is 0 Å². The van der Waals surface area contributed by atoms with Gasteiger partial charge in [0.15, 0.2) is 0 Å².